The first-order chi connectivity index (χ1) is 13.5. The lowest BCUT2D eigenvalue weighted by atomic mass is 10.1. The van der Waals surface area contributed by atoms with Gasteiger partial charge in [0.15, 0.2) is 5.78 Å². The summed E-state index contributed by atoms with van der Waals surface area (Å²) in [6.07, 6.45) is -5.83. The third-order valence-corrected chi connectivity index (χ3v) is 4.10. The minimum atomic E-state index is -4.60. The number of benzene rings is 2. The number of nitro benzene ring substituents is 1. The van der Waals surface area contributed by atoms with E-state index < -0.39 is 35.1 Å². The fraction of sp³-hybridized carbons (Fsp3) is 0.316. The van der Waals surface area contributed by atoms with Crippen LogP contribution in [-0.4, -0.2) is 42.1 Å². The molecule has 156 valence electrons. The first-order valence-corrected chi connectivity index (χ1v) is 8.48. The number of nitro groups is 1. The Bertz CT molecular complexity index is 902. The van der Waals surface area contributed by atoms with Gasteiger partial charge in [-0.15, -0.1) is 0 Å². The van der Waals surface area contributed by atoms with E-state index in [1.54, 1.807) is 0 Å². The number of carbonyl (C=O) groups is 1. The maximum atomic E-state index is 13.0. The summed E-state index contributed by atoms with van der Waals surface area (Å²) in [5.41, 5.74) is -0.969. The Labute approximate surface area is 164 Å². The van der Waals surface area contributed by atoms with Gasteiger partial charge in [-0.25, -0.2) is 0 Å². The van der Waals surface area contributed by atoms with Gasteiger partial charge in [-0.3, -0.25) is 14.9 Å². The van der Waals surface area contributed by atoms with E-state index in [0.29, 0.717) is 0 Å². The van der Waals surface area contributed by atoms with Crippen LogP contribution in [0.15, 0.2) is 42.5 Å². The minimum absolute atomic E-state index is 0.144. The van der Waals surface area contributed by atoms with Crippen LogP contribution in [0.25, 0.3) is 0 Å². The van der Waals surface area contributed by atoms with Gasteiger partial charge in [0.25, 0.3) is 5.69 Å². The number of ether oxygens (including phenoxy) is 1. The minimum Gasteiger partial charge on any atom is -0.490 e. The van der Waals surface area contributed by atoms with Crippen molar-refractivity contribution in [1.29, 1.82) is 0 Å². The highest BCUT2D eigenvalue weighted by Crippen LogP contribution is 2.36. The molecule has 2 aromatic carbocycles. The third kappa shape index (κ3) is 5.67. The Kier molecular flexibility index (Phi) is 6.80. The molecule has 0 saturated heterocycles. The molecule has 29 heavy (non-hydrogen) atoms. The van der Waals surface area contributed by atoms with E-state index in [2.05, 4.69) is 0 Å². The number of carbonyl (C=O) groups excluding carboxylic acids is 1. The number of rotatable bonds is 8. The van der Waals surface area contributed by atoms with Gasteiger partial charge in [-0.05, 0) is 31.2 Å². The van der Waals surface area contributed by atoms with Crippen molar-refractivity contribution in [2.75, 3.05) is 25.1 Å². The number of aliphatic hydroxyl groups is 1. The molecule has 0 aromatic heterocycles. The van der Waals surface area contributed by atoms with Gasteiger partial charge in [-0.1, -0.05) is 12.1 Å². The second-order valence-electron chi connectivity index (χ2n) is 6.36. The molecule has 0 heterocycles. The molecule has 1 unspecified atom stereocenters. The van der Waals surface area contributed by atoms with Crippen LogP contribution in [0, 0.1) is 10.1 Å². The molecule has 1 atom stereocenters. The zero-order chi connectivity index (χ0) is 21.8. The second kappa shape index (κ2) is 8.91. The highest BCUT2D eigenvalue weighted by Gasteiger charge is 2.34. The zero-order valence-corrected chi connectivity index (χ0v) is 15.6. The maximum absolute atomic E-state index is 13.0. The van der Waals surface area contributed by atoms with Gasteiger partial charge in [0, 0.05) is 25.2 Å². The SMILES string of the molecule is CC(=O)c1ccc(N(C)CC(O)COc2ccccc2C(F)(F)F)c([N+](=O)[O-])c1. The van der Waals surface area contributed by atoms with Crippen LogP contribution in [0.2, 0.25) is 0 Å². The van der Waals surface area contributed by atoms with Gasteiger partial charge in [0.1, 0.15) is 24.1 Å². The molecule has 1 N–H and O–H groups in total. The maximum Gasteiger partial charge on any atom is 0.419 e. The summed E-state index contributed by atoms with van der Waals surface area (Å²) in [6, 6.07) is 8.55. The first kappa shape index (κ1) is 22.2. The number of ketones is 1. The second-order valence-corrected chi connectivity index (χ2v) is 6.36. The van der Waals surface area contributed by atoms with Crippen molar-refractivity contribution in [1.82, 2.24) is 0 Å². The summed E-state index contributed by atoms with van der Waals surface area (Å²) in [5, 5.41) is 21.4. The Morgan fingerprint density at radius 2 is 1.93 bits per heavy atom. The summed E-state index contributed by atoms with van der Waals surface area (Å²) in [5.74, 6) is -0.752. The number of nitrogens with zero attached hydrogens (tertiary/aromatic N) is 2. The number of para-hydroxylation sites is 1. The summed E-state index contributed by atoms with van der Waals surface area (Å²) in [7, 11) is 1.47. The van der Waals surface area contributed by atoms with Crippen LogP contribution < -0.4 is 9.64 Å². The summed E-state index contributed by atoms with van der Waals surface area (Å²) in [4.78, 5) is 23.4. The Morgan fingerprint density at radius 3 is 2.52 bits per heavy atom. The molecule has 0 aliphatic carbocycles. The average Bonchev–Trinajstić information content (AvgIpc) is 2.65. The largest absolute Gasteiger partial charge is 0.490 e. The molecular formula is C19H19F3N2O5. The molecule has 0 aliphatic heterocycles. The number of aliphatic hydroxyl groups excluding tert-OH is 1. The van der Waals surface area contributed by atoms with E-state index in [1.807, 2.05) is 0 Å². The predicted octanol–water partition coefficient (Wildman–Crippen LogP) is 3.69. The molecule has 0 saturated carbocycles. The lowest BCUT2D eigenvalue weighted by Crippen LogP contribution is -2.33. The number of anilines is 1. The molecule has 0 fully saturated rings. The van der Waals surface area contributed by atoms with E-state index >= 15 is 0 Å². The predicted molar refractivity (Wildman–Crippen MR) is 99.3 cm³/mol. The van der Waals surface area contributed by atoms with Crippen molar-refractivity contribution >= 4 is 17.2 Å². The van der Waals surface area contributed by atoms with Crippen LogP contribution in [0.5, 0.6) is 5.75 Å². The van der Waals surface area contributed by atoms with Crippen LogP contribution in [-0.2, 0) is 6.18 Å². The molecule has 7 nitrogen and oxygen atoms in total. The summed E-state index contributed by atoms with van der Waals surface area (Å²) >= 11 is 0. The lowest BCUT2D eigenvalue weighted by Gasteiger charge is -2.23. The zero-order valence-electron chi connectivity index (χ0n) is 15.6. The molecule has 0 amide bonds. The van der Waals surface area contributed by atoms with Crippen molar-refractivity contribution in [2.45, 2.75) is 19.2 Å². The highest BCUT2D eigenvalue weighted by atomic mass is 19.4. The standard InChI is InChI=1S/C19H19F3N2O5/c1-12(25)13-7-8-16(17(9-13)24(27)28)23(2)10-14(26)11-29-18-6-4-3-5-15(18)19(20,21)22/h3-9,14,26H,10-11H2,1-2H3. The summed E-state index contributed by atoms with van der Waals surface area (Å²) in [6.45, 7) is 0.688. The van der Waals surface area contributed by atoms with E-state index in [9.17, 15) is 33.2 Å². The lowest BCUT2D eigenvalue weighted by molar-refractivity contribution is -0.384. The van der Waals surface area contributed by atoms with Crippen LogP contribution >= 0.6 is 0 Å². The van der Waals surface area contributed by atoms with Crippen molar-refractivity contribution in [2.24, 2.45) is 0 Å². The van der Waals surface area contributed by atoms with Gasteiger partial charge in [0.05, 0.1) is 10.5 Å². The van der Waals surface area contributed by atoms with Crippen molar-refractivity contribution in [3.8, 4) is 5.75 Å². The fourth-order valence-electron chi connectivity index (χ4n) is 2.69. The van der Waals surface area contributed by atoms with Crippen LogP contribution in [0.3, 0.4) is 0 Å². The van der Waals surface area contributed by atoms with Crippen molar-refractivity contribution < 1.29 is 32.7 Å². The summed E-state index contributed by atoms with van der Waals surface area (Å²) < 4.78 is 44.0. The topological polar surface area (TPSA) is 92.9 Å². The number of hydrogen-bond acceptors (Lipinski definition) is 6. The molecular weight excluding hydrogens is 393 g/mol. The van der Waals surface area contributed by atoms with Gasteiger partial charge in [-0.2, -0.15) is 13.2 Å². The molecule has 2 rings (SSSR count). The molecule has 0 spiro atoms. The van der Waals surface area contributed by atoms with E-state index in [0.717, 1.165) is 18.2 Å². The monoisotopic (exact) mass is 412 g/mol. The smallest absolute Gasteiger partial charge is 0.419 e. The normalized spacial score (nSPS) is 12.3. The van der Waals surface area contributed by atoms with Crippen molar-refractivity contribution in [3.63, 3.8) is 0 Å². The molecule has 0 aliphatic rings. The highest BCUT2D eigenvalue weighted by molar-refractivity contribution is 5.95. The number of likely N-dealkylation sites (N-methyl/N-ethyl adjacent to an activating group) is 1. The Morgan fingerprint density at radius 1 is 1.28 bits per heavy atom. The molecule has 2 aromatic rings. The van der Waals surface area contributed by atoms with Crippen LogP contribution in [0.1, 0.15) is 22.8 Å². The van der Waals surface area contributed by atoms with E-state index in [-0.39, 0.29) is 29.3 Å². The number of Topliss-reactive ketones (excluding diaryl/α,β-unsaturated/α-hetero) is 1. The molecule has 0 bridgehead atoms. The number of alkyl halides is 3. The number of hydrogen-bond donors (Lipinski definition) is 1. The third-order valence-electron chi connectivity index (χ3n) is 4.10. The Hall–Kier alpha value is -3.14. The van der Waals surface area contributed by atoms with Gasteiger partial charge < -0.3 is 14.7 Å². The van der Waals surface area contributed by atoms with Gasteiger partial charge >= 0.3 is 6.18 Å². The number of halogens is 3. The van der Waals surface area contributed by atoms with E-state index in [4.69, 9.17) is 4.74 Å². The van der Waals surface area contributed by atoms with Crippen molar-refractivity contribution in [3.05, 3.63) is 63.7 Å². The average molecular weight is 412 g/mol. The van der Waals surface area contributed by atoms with Gasteiger partial charge in [0.2, 0.25) is 0 Å². The van der Waals surface area contributed by atoms with E-state index in [1.165, 1.54) is 43.1 Å². The molecule has 0 radical (unpaired) electrons. The van der Waals surface area contributed by atoms with Crippen LogP contribution in [0.4, 0.5) is 24.5 Å². The quantitative estimate of drug-likeness (QED) is 0.404. The first-order valence-electron chi connectivity index (χ1n) is 8.48. The fourth-order valence-corrected chi connectivity index (χ4v) is 2.69. The Balaban J connectivity index is 2.10. The molecule has 10 heteroatoms.